The van der Waals surface area contributed by atoms with Gasteiger partial charge < -0.3 is 20.3 Å². The predicted molar refractivity (Wildman–Crippen MR) is 113 cm³/mol. The van der Waals surface area contributed by atoms with Crippen molar-refractivity contribution >= 4 is 5.96 Å². The van der Waals surface area contributed by atoms with E-state index >= 15 is 0 Å². The highest BCUT2D eigenvalue weighted by Crippen LogP contribution is 2.15. The van der Waals surface area contributed by atoms with Crippen LogP contribution in [0.2, 0.25) is 0 Å². The Hall–Kier alpha value is -1.63. The van der Waals surface area contributed by atoms with Crippen LogP contribution in [-0.2, 0) is 17.8 Å². The highest BCUT2D eigenvalue weighted by atomic mass is 16.5. The van der Waals surface area contributed by atoms with Gasteiger partial charge in [0.25, 0.3) is 0 Å². The molecule has 1 aromatic rings. The molecular weight excluding hydrogens is 338 g/mol. The van der Waals surface area contributed by atoms with E-state index < -0.39 is 0 Å². The Balaban J connectivity index is 2.00. The van der Waals surface area contributed by atoms with Gasteiger partial charge in [0, 0.05) is 38.3 Å². The lowest BCUT2D eigenvalue weighted by Gasteiger charge is -2.41. The minimum Gasteiger partial charge on any atom is -0.379 e. The van der Waals surface area contributed by atoms with Crippen LogP contribution >= 0.6 is 0 Å². The normalized spacial score (nSPS) is 16.6. The van der Waals surface area contributed by atoms with E-state index in [9.17, 15) is 0 Å². The summed E-state index contributed by atoms with van der Waals surface area (Å²) in [7, 11) is 4.19. The monoisotopic (exact) mass is 375 g/mol. The second-order valence-corrected chi connectivity index (χ2v) is 7.97. The minimum absolute atomic E-state index is 0.0583. The first-order valence-corrected chi connectivity index (χ1v) is 9.99. The quantitative estimate of drug-likeness (QED) is 0.537. The van der Waals surface area contributed by atoms with E-state index in [1.54, 1.807) is 0 Å². The van der Waals surface area contributed by atoms with E-state index in [0.29, 0.717) is 6.54 Å². The predicted octanol–water partition coefficient (Wildman–Crippen LogP) is 1.91. The van der Waals surface area contributed by atoms with Gasteiger partial charge in [-0.05, 0) is 46.0 Å². The average Bonchev–Trinajstić information content (AvgIpc) is 2.65. The Morgan fingerprint density at radius 3 is 2.44 bits per heavy atom. The number of aliphatic imine (C=N–C) groups is 1. The fraction of sp³-hybridized carbons (Fsp3) is 0.667. The van der Waals surface area contributed by atoms with Crippen molar-refractivity contribution in [3.8, 4) is 0 Å². The Bertz CT molecular complexity index is 594. The number of nitrogens with one attached hydrogen (secondary N) is 2. The molecule has 0 saturated carbocycles. The molecular formula is C21H37N5O. The van der Waals surface area contributed by atoms with Crippen LogP contribution in [0, 0.1) is 0 Å². The maximum absolute atomic E-state index is 5.48. The molecule has 0 bridgehead atoms. The van der Waals surface area contributed by atoms with Crippen molar-refractivity contribution in [3.63, 3.8) is 0 Å². The van der Waals surface area contributed by atoms with Crippen molar-refractivity contribution in [2.24, 2.45) is 4.99 Å². The number of nitrogens with zero attached hydrogens (tertiary/aromatic N) is 3. The van der Waals surface area contributed by atoms with Gasteiger partial charge >= 0.3 is 0 Å². The van der Waals surface area contributed by atoms with E-state index in [4.69, 9.17) is 9.73 Å². The fourth-order valence-corrected chi connectivity index (χ4v) is 3.29. The number of guanidine groups is 1. The van der Waals surface area contributed by atoms with Gasteiger partial charge in [-0.3, -0.25) is 4.90 Å². The van der Waals surface area contributed by atoms with E-state index in [2.05, 4.69) is 79.6 Å². The van der Waals surface area contributed by atoms with Crippen molar-refractivity contribution in [3.05, 3.63) is 35.4 Å². The van der Waals surface area contributed by atoms with Gasteiger partial charge in [-0.15, -0.1) is 0 Å². The number of hydrogen-bond acceptors (Lipinski definition) is 4. The molecule has 27 heavy (non-hydrogen) atoms. The molecule has 1 aliphatic heterocycles. The summed E-state index contributed by atoms with van der Waals surface area (Å²) in [4.78, 5) is 9.51. The molecule has 6 nitrogen and oxygen atoms in total. The molecule has 2 N–H and O–H groups in total. The van der Waals surface area contributed by atoms with E-state index in [-0.39, 0.29) is 5.54 Å². The van der Waals surface area contributed by atoms with Gasteiger partial charge in [-0.1, -0.05) is 24.3 Å². The van der Waals surface area contributed by atoms with Crippen molar-refractivity contribution in [2.75, 3.05) is 53.5 Å². The van der Waals surface area contributed by atoms with Crippen LogP contribution in [0.25, 0.3) is 0 Å². The van der Waals surface area contributed by atoms with Gasteiger partial charge in [0.1, 0.15) is 0 Å². The topological polar surface area (TPSA) is 52.1 Å². The molecule has 0 unspecified atom stereocenters. The maximum Gasteiger partial charge on any atom is 0.191 e. The average molecular weight is 376 g/mol. The third-order valence-electron chi connectivity index (χ3n) is 4.91. The van der Waals surface area contributed by atoms with Crippen LogP contribution in [0.15, 0.2) is 29.3 Å². The maximum atomic E-state index is 5.48. The molecule has 0 aliphatic carbocycles. The second-order valence-electron chi connectivity index (χ2n) is 7.97. The standard InChI is InChI=1S/C21H37N5O/c1-6-22-20(24-17-21(2,3)26-11-13-27-14-12-26)23-15-18-9-7-8-10-19(18)16-25(4)5/h7-10H,6,11-17H2,1-5H3,(H2,22,23,24). The lowest BCUT2D eigenvalue weighted by molar-refractivity contribution is -0.00834. The summed E-state index contributed by atoms with van der Waals surface area (Å²) in [6.45, 7) is 13.6. The van der Waals surface area contributed by atoms with Crippen LogP contribution in [-0.4, -0.2) is 74.8 Å². The zero-order valence-corrected chi connectivity index (χ0v) is 17.7. The Morgan fingerprint density at radius 2 is 1.81 bits per heavy atom. The molecule has 1 saturated heterocycles. The smallest absolute Gasteiger partial charge is 0.191 e. The molecule has 152 valence electrons. The molecule has 0 spiro atoms. The van der Waals surface area contributed by atoms with Crippen LogP contribution in [0.1, 0.15) is 31.9 Å². The lowest BCUT2D eigenvalue weighted by atomic mass is 10.0. The van der Waals surface area contributed by atoms with Gasteiger partial charge in [-0.25, -0.2) is 4.99 Å². The summed E-state index contributed by atoms with van der Waals surface area (Å²) in [5, 5.41) is 6.91. The number of rotatable bonds is 8. The zero-order chi connectivity index (χ0) is 19.7. The first kappa shape index (κ1) is 21.7. The zero-order valence-electron chi connectivity index (χ0n) is 17.7. The van der Waals surface area contributed by atoms with Crippen molar-refractivity contribution in [1.82, 2.24) is 20.4 Å². The molecule has 0 aromatic heterocycles. The minimum atomic E-state index is 0.0583. The van der Waals surface area contributed by atoms with Crippen LogP contribution < -0.4 is 10.6 Å². The first-order valence-electron chi connectivity index (χ1n) is 9.99. The van der Waals surface area contributed by atoms with Crippen molar-refractivity contribution in [2.45, 2.75) is 39.4 Å². The summed E-state index contributed by atoms with van der Waals surface area (Å²) >= 11 is 0. The Morgan fingerprint density at radius 1 is 1.15 bits per heavy atom. The van der Waals surface area contributed by atoms with Gasteiger partial charge in [0.15, 0.2) is 5.96 Å². The molecule has 2 rings (SSSR count). The summed E-state index contributed by atoms with van der Waals surface area (Å²) in [6.07, 6.45) is 0. The second kappa shape index (κ2) is 10.6. The van der Waals surface area contributed by atoms with Gasteiger partial charge in [0.05, 0.1) is 19.8 Å². The molecule has 0 amide bonds. The summed E-state index contributed by atoms with van der Waals surface area (Å²) < 4.78 is 5.48. The summed E-state index contributed by atoms with van der Waals surface area (Å²) in [5.74, 6) is 0.874. The number of hydrogen-bond donors (Lipinski definition) is 2. The molecule has 1 aliphatic rings. The largest absolute Gasteiger partial charge is 0.379 e. The summed E-state index contributed by atoms with van der Waals surface area (Å²) in [5.41, 5.74) is 2.66. The molecule has 1 aromatic carbocycles. The molecule has 0 atom stereocenters. The summed E-state index contributed by atoms with van der Waals surface area (Å²) in [6, 6.07) is 8.54. The van der Waals surface area contributed by atoms with Crippen molar-refractivity contribution < 1.29 is 4.74 Å². The van der Waals surface area contributed by atoms with E-state index in [1.165, 1.54) is 11.1 Å². The number of benzene rings is 1. The van der Waals surface area contributed by atoms with E-state index in [1.807, 2.05) is 0 Å². The molecule has 0 radical (unpaired) electrons. The highest BCUT2D eigenvalue weighted by Gasteiger charge is 2.28. The Kier molecular flexibility index (Phi) is 8.54. The lowest BCUT2D eigenvalue weighted by Crippen LogP contribution is -2.56. The van der Waals surface area contributed by atoms with Crippen LogP contribution in [0.4, 0.5) is 0 Å². The van der Waals surface area contributed by atoms with Crippen molar-refractivity contribution in [1.29, 1.82) is 0 Å². The van der Waals surface area contributed by atoms with E-state index in [0.717, 1.165) is 51.9 Å². The SMILES string of the molecule is CCNC(=NCc1ccccc1CN(C)C)NCC(C)(C)N1CCOCC1. The molecule has 6 heteroatoms. The number of ether oxygens (including phenoxy) is 1. The molecule has 1 fully saturated rings. The molecule has 1 heterocycles. The fourth-order valence-electron chi connectivity index (χ4n) is 3.29. The van der Waals surface area contributed by atoms with Crippen LogP contribution in [0.5, 0.6) is 0 Å². The third kappa shape index (κ3) is 7.13. The third-order valence-corrected chi connectivity index (χ3v) is 4.91. The van der Waals surface area contributed by atoms with Gasteiger partial charge in [-0.2, -0.15) is 0 Å². The first-order chi connectivity index (χ1) is 12.9. The number of morpholine rings is 1. The Labute approximate surface area is 165 Å². The van der Waals surface area contributed by atoms with Crippen LogP contribution in [0.3, 0.4) is 0 Å². The highest BCUT2D eigenvalue weighted by molar-refractivity contribution is 5.79. The van der Waals surface area contributed by atoms with Gasteiger partial charge in [0.2, 0.25) is 0 Å².